The van der Waals surface area contributed by atoms with Crippen LogP contribution in [0.25, 0.3) is 22.2 Å². The van der Waals surface area contributed by atoms with Crippen molar-refractivity contribution in [3.63, 3.8) is 0 Å². The molecule has 45 heavy (non-hydrogen) atoms. The molecule has 3 fully saturated rings. The van der Waals surface area contributed by atoms with Crippen molar-refractivity contribution in [1.29, 1.82) is 0 Å². The Kier molecular flexibility index (Phi) is 10.5. The standard InChI is InChI=1S/C34H50N8O3/c1-5-28-33(37-25-10-18-44-19-11-25)39-31-27(23-36-34(35-2)32(31)38-28)24-6-7-29(30(22-24)45-21-20-43-4)42-12-8-26(9-13-42)41-16-14-40(3)15-17-41/h6-7,22-23,25-26H,5,8-21H2,1-4H3,(H,35,36)(H,37,39). The fraction of sp³-hybridized carbons (Fsp3) is 0.618. The number of piperazine rings is 1. The normalized spacial score (nSPS) is 19.2. The molecule has 3 saturated heterocycles. The average Bonchev–Trinajstić information content (AvgIpc) is 3.08. The third-order valence-corrected chi connectivity index (χ3v) is 9.58. The van der Waals surface area contributed by atoms with Crippen LogP contribution in [0.3, 0.4) is 0 Å². The number of hydrogen-bond acceptors (Lipinski definition) is 11. The van der Waals surface area contributed by atoms with Crippen LogP contribution in [0.15, 0.2) is 24.4 Å². The average molecular weight is 619 g/mol. The first-order valence-electron chi connectivity index (χ1n) is 16.7. The summed E-state index contributed by atoms with van der Waals surface area (Å²) in [6.45, 7) is 11.4. The SMILES string of the molecule is CCc1nc2c(NC)ncc(-c3ccc(N4CCC(N5CCN(C)CC5)CC4)c(OCCOC)c3)c2nc1NC1CCOCC1. The smallest absolute Gasteiger partial charge is 0.153 e. The second-order valence-electron chi connectivity index (χ2n) is 12.5. The molecule has 0 amide bonds. The molecule has 11 heteroatoms. The third-order valence-electron chi connectivity index (χ3n) is 9.58. The van der Waals surface area contributed by atoms with Crippen LogP contribution in [0.2, 0.25) is 0 Å². The van der Waals surface area contributed by atoms with E-state index in [0.717, 1.165) is 110 Å². The van der Waals surface area contributed by atoms with E-state index in [1.54, 1.807) is 7.11 Å². The monoisotopic (exact) mass is 618 g/mol. The molecule has 0 radical (unpaired) electrons. The van der Waals surface area contributed by atoms with E-state index in [2.05, 4.69) is 57.5 Å². The summed E-state index contributed by atoms with van der Waals surface area (Å²) in [6.07, 6.45) is 6.94. The van der Waals surface area contributed by atoms with Crippen molar-refractivity contribution < 1.29 is 14.2 Å². The number of aromatic nitrogens is 3. The maximum Gasteiger partial charge on any atom is 0.153 e. The summed E-state index contributed by atoms with van der Waals surface area (Å²) in [5, 5.41) is 6.92. The van der Waals surface area contributed by atoms with Gasteiger partial charge in [0.2, 0.25) is 0 Å². The number of anilines is 3. The molecule has 3 aliphatic heterocycles. The van der Waals surface area contributed by atoms with Crippen molar-refractivity contribution in [1.82, 2.24) is 24.8 Å². The topological polar surface area (TPSA) is 100 Å². The first-order chi connectivity index (χ1) is 22.1. The molecule has 1 aromatic carbocycles. The highest BCUT2D eigenvalue weighted by molar-refractivity contribution is 5.98. The molecule has 0 aliphatic carbocycles. The first-order valence-corrected chi connectivity index (χ1v) is 16.7. The maximum absolute atomic E-state index is 6.39. The van der Waals surface area contributed by atoms with Crippen molar-refractivity contribution in [3.05, 3.63) is 30.1 Å². The summed E-state index contributed by atoms with van der Waals surface area (Å²) in [7, 11) is 5.81. The van der Waals surface area contributed by atoms with Crippen LogP contribution in [-0.2, 0) is 15.9 Å². The lowest BCUT2D eigenvalue weighted by Crippen LogP contribution is -2.52. The van der Waals surface area contributed by atoms with Gasteiger partial charge in [-0.2, -0.15) is 0 Å². The number of likely N-dealkylation sites (N-methyl/N-ethyl adjacent to an activating group) is 1. The van der Waals surface area contributed by atoms with E-state index >= 15 is 0 Å². The van der Waals surface area contributed by atoms with Crippen molar-refractivity contribution >= 4 is 28.4 Å². The quantitative estimate of drug-likeness (QED) is 0.304. The number of pyridine rings is 1. The van der Waals surface area contributed by atoms with Crippen LogP contribution in [0.5, 0.6) is 5.75 Å². The predicted molar refractivity (Wildman–Crippen MR) is 181 cm³/mol. The fourth-order valence-corrected chi connectivity index (χ4v) is 6.82. The predicted octanol–water partition coefficient (Wildman–Crippen LogP) is 4.13. The van der Waals surface area contributed by atoms with Gasteiger partial charge >= 0.3 is 0 Å². The van der Waals surface area contributed by atoms with Crippen LogP contribution in [0.1, 0.15) is 38.3 Å². The van der Waals surface area contributed by atoms with Gasteiger partial charge in [-0.05, 0) is 56.8 Å². The van der Waals surface area contributed by atoms with Crippen LogP contribution in [-0.4, -0.2) is 124 Å². The summed E-state index contributed by atoms with van der Waals surface area (Å²) >= 11 is 0. The molecule has 244 valence electrons. The second kappa shape index (κ2) is 14.9. The van der Waals surface area contributed by atoms with Crippen molar-refractivity contribution in [2.75, 3.05) is 102 Å². The number of methoxy groups -OCH3 is 1. The Bertz CT molecular complexity index is 1420. The van der Waals surface area contributed by atoms with Crippen molar-refractivity contribution in [3.8, 4) is 16.9 Å². The van der Waals surface area contributed by atoms with Crippen LogP contribution in [0, 0.1) is 0 Å². The molecular formula is C34H50N8O3. The van der Waals surface area contributed by atoms with E-state index < -0.39 is 0 Å². The number of benzene rings is 1. The Balaban J connectivity index is 1.31. The molecule has 2 aromatic heterocycles. The molecular weight excluding hydrogens is 568 g/mol. The zero-order chi connectivity index (χ0) is 31.2. The van der Waals surface area contributed by atoms with E-state index in [1.807, 2.05) is 13.2 Å². The van der Waals surface area contributed by atoms with E-state index in [4.69, 9.17) is 29.2 Å². The maximum atomic E-state index is 6.39. The summed E-state index contributed by atoms with van der Waals surface area (Å²) in [6, 6.07) is 7.52. The van der Waals surface area contributed by atoms with Gasteiger partial charge in [0.15, 0.2) is 5.82 Å². The van der Waals surface area contributed by atoms with Crippen LogP contribution >= 0.6 is 0 Å². The van der Waals surface area contributed by atoms with Gasteiger partial charge in [-0.15, -0.1) is 0 Å². The van der Waals surface area contributed by atoms with E-state index in [9.17, 15) is 0 Å². The second-order valence-corrected chi connectivity index (χ2v) is 12.5. The Hall–Kier alpha value is -3.25. The summed E-state index contributed by atoms with van der Waals surface area (Å²) in [4.78, 5) is 22.7. The first kappa shape index (κ1) is 31.7. The number of hydrogen-bond donors (Lipinski definition) is 2. The van der Waals surface area contributed by atoms with Gasteiger partial charge in [0.1, 0.15) is 29.2 Å². The lowest BCUT2D eigenvalue weighted by molar-refractivity contribution is 0.0903. The van der Waals surface area contributed by atoms with Crippen LogP contribution in [0.4, 0.5) is 17.3 Å². The minimum Gasteiger partial charge on any atom is -0.489 e. The molecule has 11 nitrogen and oxygen atoms in total. The van der Waals surface area contributed by atoms with Crippen molar-refractivity contribution in [2.45, 2.75) is 51.1 Å². The molecule has 3 aliphatic rings. The summed E-state index contributed by atoms with van der Waals surface area (Å²) in [5.41, 5.74) is 5.63. The van der Waals surface area contributed by atoms with Gasteiger partial charge in [0, 0.05) is 90.5 Å². The highest BCUT2D eigenvalue weighted by Gasteiger charge is 2.28. The number of aryl methyl sites for hydroxylation is 1. The zero-order valence-corrected chi connectivity index (χ0v) is 27.5. The molecule has 5 heterocycles. The molecule has 0 bridgehead atoms. The highest BCUT2D eigenvalue weighted by Crippen LogP contribution is 2.38. The van der Waals surface area contributed by atoms with E-state index in [0.29, 0.717) is 25.3 Å². The molecule has 0 atom stereocenters. The third kappa shape index (κ3) is 7.27. The Morgan fingerprint density at radius 2 is 1.71 bits per heavy atom. The lowest BCUT2D eigenvalue weighted by Gasteiger charge is -2.42. The molecule has 0 saturated carbocycles. The zero-order valence-electron chi connectivity index (χ0n) is 27.5. The molecule has 0 spiro atoms. The Morgan fingerprint density at radius 1 is 0.933 bits per heavy atom. The Morgan fingerprint density at radius 3 is 2.42 bits per heavy atom. The van der Waals surface area contributed by atoms with Gasteiger partial charge in [-0.3, -0.25) is 4.90 Å². The number of fused-ring (bicyclic) bond motifs is 1. The van der Waals surface area contributed by atoms with Gasteiger partial charge in [-0.25, -0.2) is 15.0 Å². The minimum atomic E-state index is 0.324. The lowest BCUT2D eigenvalue weighted by atomic mass is 10.00. The minimum absolute atomic E-state index is 0.324. The largest absolute Gasteiger partial charge is 0.489 e. The van der Waals surface area contributed by atoms with Gasteiger partial charge < -0.3 is 34.6 Å². The summed E-state index contributed by atoms with van der Waals surface area (Å²) in [5.74, 6) is 2.44. The molecule has 0 unspecified atom stereocenters. The molecule has 2 N–H and O–H groups in total. The Labute approximate surface area is 267 Å². The number of nitrogens with zero attached hydrogens (tertiary/aromatic N) is 6. The van der Waals surface area contributed by atoms with Gasteiger partial charge in [-0.1, -0.05) is 13.0 Å². The fourth-order valence-electron chi connectivity index (χ4n) is 6.82. The number of piperidine rings is 1. The summed E-state index contributed by atoms with van der Waals surface area (Å²) < 4.78 is 17.3. The van der Waals surface area contributed by atoms with Gasteiger partial charge in [0.25, 0.3) is 0 Å². The molecule has 3 aromatic rings. The van der Waals surface area contributed by atoms with Crippen LogP contribution < -0.4 is 20.3 Å². The number of nitrogens with one attached hydrogen (secondary N) is 2. The van der Waals surface area contributed by atoms with E-state index in [-0.39, 0.29) is 0 Å². The molecule has 6 rings (SSSR count). The number of rotatable bonds is 11. The van der Waals surface area contributed by atoms with E-state index in [1.165, 1.54) is 25.9 Å². The highest BCUT2D eigenvalue weighted by atomic mass is 16.5. The van der Waals surface area contributed by atoms with Gasteiger partial charge in [0.05, 0.1) is 18.0 Å². The number of ether oxygens (including phenoxy) is 3. The van der Waals surface area contributed by atoms with Crippen molar-refractivity contribution in [2.24, 2.45) is 0 Å².